The number of anilines is 4. The Kier molecular flexibility index (Phi) is 10.8. The van der Waals surface area contributed by atoms with Gasteiger partial charge in [-0.15, -0.1) is 25.3 Å². The van der Waals surface area contributed by atoms with Crippen molar-refractivity contribution in [2.45, 2.75) is 0 Å². The van der Waals surface area contributed by atoms with Crippen LogP contribution < -0.4 is 15.4 Å². The van der Waals surface area contributed by atoms with Crippen LogP contribution in [0, 0.1) is 44.9 Å². The Bertz CT molecular complexity index is 2270. The summed E-state index contributed by atoms with van der Waals surface area (Å²) in [6, 6.07) is 20.1. The molecule has 48 heavy (non-hydrogen) atoms. The Hall–Kier alpha value is -6.54. The van der Waals surface area contributed by atoms with E-state index in [-0.39, 0.29) is 34.6 Å². The largest absolute Gasteiger partial charge is 0.490 e. The lowest BCUT2D eigenvalue weighted by atomic mass is 10.1. The van der Waals surface area contributed by atoms with Gasteiger partial charge in [0.1, 0.15) is 29.3 Å². The molecule has 6 aromatic rings. The second kappa shape index (κ2) is 15.2. The fourth-order valence-corrected chi connectivity index (χ4v) is 4.66. The van der Waals surface area contributed by atoms with Crippen molar-refractivity contribution < 1.29 is 14.6 Å². The third-order valence-electron chi connectivity index (χ3n) is 6.62. The van der Waals surface area contributed by atoms with Crippen molar-refractivity contribution in [1.82, 2.24) is 19.9 Å². The van der Waals surface area contributed by atoms with E-state index in [4.69, 9.17) is 29.2 Å². The molecule has 0 saturated heterocycles. The van der Waals surface area contributed by atoms with Crippen LogP contribution in [-0.2, 0) is 0 Å². The number of nitrogens with zero attached hydrogens (tertiary/aromatic N) is 6. The maximum absolute atomic E-state index is 11.2. The summed E-state index contributed by atoms with van der Waals surface area (Å²) in [7, 11) is 1.37. The number of benzene rings is 4. The van der Waals surface area contributed by atoms with Crippen LogP contribution >= 0.6 is 24.0 Å². The van der Waals surface area contributed by atoms with E-state index in [0.29, 0.717) is 44.6 Å². The predicted octanol–water partition coefficient (Wildman–Crippen LogP) is 7.61. The van der Waals surface area contributed by atoms with Crippen LogP contribution in [0.2, 0.25) is 5.02 Å². The van der Waals surface area contributed by atoms with Gasteiger partial charge in [0.2, 0.25) is 0 Å². The Labute approximate surface area is 284 Å². The first-order valence-electron chi connectivity index (χ1n) is 13.4. The summed E-state index contributed by atoms with van der Waals surface area (Å²) in [5, 5.41) is 29.5. The second-order valence-electron chi connectivity index (χ2n) is 9.52. The maximum atomic E-state index is 11.2. The number of nitrogens with one attached hydrogen (secondary N) is 2. The van der Waals surface area contributed by atoms with Gasteiger partial charge in [-0.2, -0.15) is 0 Å². The van der Waals surface area contributed by atoms with Crippen molar-refractivity contribution in [2.75, 3.05) is 17.7 Å². The van der Waals surface area contributed by atoms with E-state index in [2.05, 4.69) is 42.4 Å². The number of aromatic nitrogens is 4. The van der Waals surface area contributed by atoms with Gasteiger partial charge in [-0.3, -0.25) is 20.2 Å². The standard InChI is InChI=1S/C17H12N4O3.C16H9ClN4O2.ClH/c1-3-11-5-4-6-12(7-11)20-17-13-8-15(21(22)23)16(24-2)9-14(13)18-10-19-17;1-2-10-4-3-5-11(6-10)20-16-12-7-15(21(22)23)13(17)8-14(12)18-9-19-16;/h1,4-10H,2H3,(H,18,19,20);1,3-9H,(H,18,19,20);1H. The number of rotatable bonds is 7. The molecule has 13 nitrogen and oxygen atoms in total. The van der Waals surface area contributed by atoms with Gasteiger partial charge in [-0.1, -0.05) is 35.6 Å². The van der Waals surface area contributed by atoms with Gasteiger partial charge in [0.05, 0.1) is 33.4 Å². The predicted molar refractivity (Wildman–Crippen MR) is 187 cm³/mol. The van der Waals surface area contributed by atoms with E-state index in [1.807, 2.05) is 18.2 Å². The first-order chi connectivity index (χ1) is 22.7. The quantitative estimate of drug-likeness (QED) is 0.0965. The number of fused-ring (bicyclic) bond motifs is 2. The number of terminal acetylenes is 2. The molecule has 15 heteroatoms. The van der Waals surface area contributed by atoms with Crippen molar-refractivity contribution >= 4 is 80.2 Å². The van der Waals surface area contributed by atoms with Crippen LogP contribution in [0.25, 0.3) is 21.8 Å². The molecular weight excluding hydrogens is 659 g/mol. The third kappa shape index (κ3) is 7.63. The summed E-state index contributed by atoms with van der Waals surface area (Å²) < 4.78 is 5.06. The summed E-state index contributed by atoms with van der Waals surface area (Å²) >= 11 is 5.91. The smallest absolute Gasteiger partial charge is 0.311 e. The number of halogens is 2. The molecule has 0 unspecified atom stereocenters. The van der Waals surface area contributed by atoms with E-state index < -0.39 is 9.85 Å². The fraction of sp³-hybridized carbons (Fsp3) is 0.0303. The molecule has 0 saturated carbocycles. The molecule has 4 aromatic carbocycles. The number of hydrogen-bond acceptors (Lipinski definition) is 11. The Morgan fingerprint density at radius 1 is 0.729 bits per heavy atom. The Morgan fingerprint density at radius 2 is 1.21 bits per heavy atom. The van der Waals surface area contributed by atoms with Crippen LogP contribution in [-0.4, -0.2) is 36.9 Å². The zero-order valence-electron chi connectivity index (χ0n) is 24.7. The van der Waals surface area contributed by atoms with Gasteiger partial charge < -0.3 is 15.4 Å². The minimum atomic E-state index is -0.544. The fourth-order valence-electron chi connectivity index (χ4n) is 4.43. The summed E-state index contributed by atoms with van der Waals surface area (Å²) in [6.07, 6.45) is 13.5. The molecular formula is C33H22Cl2N8O5. The molecule has 0 aliphatic heterocycles. The zero-order valence-corrected chi connectivity index (χ0v) is 26.3. The van der Waals surface area contributed by atoms with E-state index in [0.717, 1.165) is 11.4 Å². The van der Waals surface area contributed by atoms with Gasteiger partial charge in [0, 0.05) is 46.1 Å². The number of hydrogen-bond donors (Lipinski definition) is 2. The van der Waals surface area contributed by atoms with E-state index >= 15 is 0 Å². The topological polar surface area (TPSA) is 171 Å². The molecule has 0 spiro atoms. The minimum absolute atomic E-state index is 0. The van der Waals surface area contributed by atoms with Gasteiger partial charge >= 0.3 is 5.69 Å². The van der Waals surface area contributed by atoms with Crippen LogP contribution in [0.5, 0.6) is 5.75 Å². The van der Waals surface area contributed by atoms with E-state index in [1.54, 1.807) is 30.3 Å². The molecule has 2 heterocycles. The van der Waals surface area contributed by atoms with E-state index in [1.165, 1.54) is 44.0 Å². The normalized spacial score (nSPS) is 10.0. The van der Waals surface area contributed by atoms with Gasteiger partial charge in [0.15, 0.2) is 5.75 Å². The first kappa shape index (κ1) is 34.3. The Morgan fingerprint density at radius 3 is 1.67 bits per heavy atom. The monoisotopic (exact) mass is 680 g/mol. The molecule has 6 rings (SSSR count). The van der Waals surface area contributed by atoms with Crippen molar-refractivity contribution in [3.63, 3.8) is 0 Å². The molecule has 0 bridgehead atoms. The number of nitro groups is 2. The van der Waals surface area contributed by atoms with Crippen molar-refractivity contribution in [2.24, 2.45) is 0 Å². The first-order valence-corrected chi connectivity index (χ1v) is 13.8. The van der Waals surface area contributed by atoms with Gasteiger partial charge in [0.25, 0.3) is 5.69 Å². The van der Waals surface area contributed by atoms with Crippen molar-refractivity contribution in [1.29, 1.82) is 0 Å². The molecule has 0 fully saturated rings. The molecule has 2 N–H and O–H groups in total. The molecule has 238 valence electrons. The highest BCUT2D eigenvalue weighted by atomic mass is 35.5. The van der Waals surface area contributed by atoms with Crippen LogP contribution in [0.4, 0.5) is 34.4 Å². The lowest BCUT2D eigenvalue weighted by Gasteiger charge is -2.10. The summed E-state index contributed by atoms with van der Waals surface area (Å²) in [5.74, 6) is 6.12. The average molecular weight is 681 g/mol. The van der Waals surface area contributed by atoms with Gasteiger partial charge in [-0.05, 0) is 42.5 Å². The highest BCUT2D eigenvalue weighted by Crippen LogP contribution is 2.35. The molecule has 0 amide bonds. The number of nitro benzene ring substituents is 2. The van der Waals surface area contributed by atoms with Gasteiger partial charge in [-0.25, -0.2) is 19.9 Å². The number of ether oxygens (including phenoxy) is 1. The zero-order chi connectivity index (χ0) is 33.5. The highest BCUT2D eigenvalue weighted by molar-refractivity contribution is 6.33. The molecule has 0 aliphatic rings. The van der Waals surface area contributed by atoms with Crippen molar-refractivity contribution in [3.8, 4) is 30.4 Å². The highest BCUT2D eigenvalue weighted by Gasteiger charge is 2.19. The van der Waals surface area contributed by atoms with Crippen molar-refractivity contribution in [3.05, 3.63) is 122 Å². The van der Waals surface area contributed by atoms with E-state index in [9.17, 15) is 20.2 Å². The minimum Gasteiger partial charge on any atom is -0.490 e. The maximum Gasteiger partial charge on any atom is 0.311 e. The SMILES string of the molecule is C#Cc1cccc(Nc2ncnc3cc(Cl)c([N+](=O)[O-])cc23)c1.C#Cc1cccc(Nc2ncnc3cc(OC)c([N+](=O)[O-])cc23)c1.Cl. The summed E-state index contributed by atoms with van der Waals surface area (Å²) in [5.41, 5.74) is 3.55. The molecule has 0 aliphatic carbocycles. The van der Waals surface area contributed by atoms with Crippen LogP contribution in [0.3, 0.4) is 0 Å². The van der Waals surface area contributed by atoms with Crippen LogP contribution in [0.15, 0.2) is 85.5 Å². The Balaban J connectivity index is 0.000000212. The average Bonchev–Trinajstić information content (AvgIpc) is 3.08. The third-order valence-corrected chi connectivity index (χ3v) is 6.92. The summed E-state index contributed by atoms with van der Waals surface area (Å²) in [4.78, 5) is 37.8. The lowest BCUT2D eigenvalue weighted by Crippen LogP contribution is -1.99. The summed E-state index contributed by atoms with van der Waals surface area (Å²) in [6.45, 7) is 0. The molecule has 0 atom stereocenters. The second-order valence-corrected chi connectivity index (χ2v) is 9.93. The molecule has 0 radical (unpaired) electrons. The number of methoxy groups -OCH3 is 1. The lowest BCUT2D eigenvalue weighted by molar-refractivity contribution is -0.385. The van der Waals surface area contributed by atoms with Crippen LogP contribution in [0.1, 0.15) is 11.1 Å². The molecule has 2 aromatic heterocycles.